The second-order valence-electron chi connectivity index (χ2n) is 7.72. The number of rotatable bonds is 5. The van der Waals surface area contributed by atoms with Gasteiger partial charge in [-0.25, -0.2) is 4.98 Å². The fourth-order valence-corrected chi connectivity index (χ4v) is 3.63. The van der Waals surface area contributed by atoms with Crippen LogP contribution < -0.4 is 5.32 Å². The number of fused-ring (bicyclic) bond motifs is 1. The normalized spacial score (nSPS) is 10.8. The van der Waals surface area contributed by atoms with Gasteiger partial charge in [-0.05, 0) is 48.9 Å². The lowest BCUT2D eigenvalue weighted by atomic mass is 10.1. The van der Waals surface area contributed by atoms with Gasteiger partial charge in [-0.1, -0.05) is 24.3 Å². The number of pyridine rings is 1. The lowest BCUT2D eigenvalue weighted by Crippen LogP contribution is -2.21. The average molecular weight is 412 g/mol. The maximum absolute atomic E-state index is 12.2. The largest absolute Gasteiger partial charge is 0.345 e. The molecule has 0 aliphatic carbocycles. The predicted molar refractivity (Wildman–Crippen MR) is 124 cm³/mol. The lowest BCUT2D eigenvalue weighted by Gasteiger charge is -2.11. The van der Waals surface area contributed by atoms with Crippen LogP contribution in [0.1, 0.15) is 27.6 Å². The molecule has 31 heavy (non-hydrogen) atoms. The van der Waals surface area contributed by atoms with Gasteiger partial charge >= 0.3 is 0 Å². The first kappa shape index (κ1) is 20.3. The smallest absolute Gasteiger partial charge is 0.253 e. The Bertz CT molecular complexity index is 1290. The highest BCUT2D eigenvalue weighted by Gasteiger charge is 2.14. The highest BCUT2D eigenvalue weighted by Crippen LogP contribution is 2.32. The Kier molecular flexibility index (Phi) is 5.29. The van der Waals surface area contributed by atoms with Crippen molar-refractivity contribution in [2.75, 3.05) is 19.4 Å². The zero-order valence-electron chi connectivity index (χ0n) is 18.0. The molecule has 1 amide bonds. The first-order chi connectivity index (χ1) is 14.8. The van der Waals surface area contributed by atoms with E-state index in [9.17, 15) is 9.59 Å². The van der Waals surface area contributed by atoms with E-state index < -0.39 is 0 Å². The molecule has 0 spiro atoms. The number of nitrogens with one attached hydrogen (secondary N) is 1. The molecule has 0 aliphatic heterocycles. The molecule has 6 nitrogen and oxygen atoms in total. The fourth-order valence-electron chi connectivity index (χ4n) is 3.63. The summed E-state index contributed by atoms with van der Waals surface area (Å²) in [7, 11) is 5.50. The van der Waals surface area contributed by atoms with Crippen LogP contribution in [0, 0.1) is 0 Å². The van der Waals surface area contributed by atoms with Crippen molar-refractivity contribution >= 4 is 34.1 Å². The summed E-state index contributed by atoms with van der Waals surface area (Å²) in [5.74, 6) is 0.722. The molecule has 0 fully saturated rings. The summed E-state index contributed by atoms with van der Waals surface area (Å²) in [5, 5.41) is 4.32. The minimum atomic E-state index is -0.0212. The van der Waals surface area contributed by atoms with Gasteiger partial charge in [-0.15, -0.1) is 0 Å². The number of benzene rings is 2. The Morgan fingerprint density at radius 2 is 1.71 bits per heavy atom. The fraction of sp³-hybridized carbons (Fsp3) is 0.160. The predicted octanol–water partition coefficient (Wildman–Crippen LogP) is 4.89. The number of anilines is 2. The van der Waals surface area contributed by atoms with Crippen molar-refractivity contribution in [3.05, 3.63) is 78.0 Å². The highest BCUT2D eigenvalue weighted by atomic mass is 16.2. The molecule has 0 aliphatic rings. The van der Waals surface area contributed by atoms with Gasteiger partial charge in [-0.3, -0.25) is 9.59 Å². The van der Waals surface area contributed by atoms with E-state index in [2.05, 4.69) is 20.9 Å². The molecule has 0 saturated carbocycles. The van der Waals surface area contributed by atoms with E-state index in [0.29, 0.717) is 11.1 Å². The average Bonchev–Trinajstić information content (AvgIpc) is 3.11. The van der Waals surface area contributed by atoms with E-state index in [4.69, 9.17) is 0 Å². The van der Waals surface area contributed by atoms with E-state index in [1.54, 1.807) is 38.2 Å². The SMILES string of the molecule is CC(=O)c1cccc(Nc2nccc3c2cc(-c2ccc(C(=O)N(C)C)cc2)n3C)c1. The maximum Gasteiger partial charge on any atom is 0.253 e. The second kappa shape index (κ2) is 8.07. The van der Waals surface area contributed by atoms with Gasteiger partial charge in [0.15, 0.2) is 5.78 Å². The van der Waals surface area contributed by atoms with Crippen molar-refractivity contribution < 1.29 is 9.59 Å². The third-order valence-corrected chi connectivity index (χ3v) is 5.34. The quantitative estimate of drug-likeness (QED) is 0.474. The van der Waals surface area contributed by atoms with Gasteiger partial charge in [-0.2, -0.15) is 0 Å². The Labute approximate surface area is 181 Å². The van der Waals surface area contributed by atoms with E-state index in [1.165, 1.54) is 0 Å². The van der Waals surface area contributed by atoms with Crippen LogP contribution in [0.2, 0.25) is 0 Å². The third kappa shape index (κ3) is 3.92. The number of hydrogen-bond donors (Lipinski definition) is 1. The number of ketones is 1. The zero-order chi connectivity index (χ0) is 22.1. The summed E-state index contributed by atoms with van der Waals surface area (Å²) in [4.78, 5) is 30.0. The van der Waals surface area contributed by atoms with Crippen LogP contribution in [-0.2, 0) is 7.05 Å². The first-order valence-electron chi connectivity index (χ1n) is 9.99. The van der Waals surface area contributed by atoms with E-state index in [1.807, 2.05) is 55.6 Å². The monoisotopic (exact) mass is 412 g/mol. The Morgan fingerprint density at radius 1 is 0.968 bits per heavy atom. The van der Waals surface area contributed by atoms with E-state index in [-0.39, 0.29) is 11.7 Å². The molecule has 2 aromatic carbocycles. The standard InChI is InChI=1S/C25H24N4O2/c1-16(30)19-6-5-7-20(14-19)27-24-21-15-23(29(4)22(21)12-13-26-24)17-8-10-18(11-9-17)25(31)28(2)3/h5-15H,1-4H3,(H,26,27). The summed E-state index contributed by atoms with van der Waals surface area (Å²) in [6.45, 7) is 1.55. The summed E-state index contributed by atoms with van der Waals surface area (Å²) < 4.78 is 2.11. The van der Waals surface area contributed by atoms with Crippen LogP contribution in [0.25, 0.3) is 22.2 Å². The van der Waals surface area contributed by atoms with Gasteiger partial charge in [0.1, 0.15) is 5.82 Å². The van der Waals surface area contributed by atoms with Crippen LogP contribution in [0.5, 0.6) is 0 Å². The van der Waals surface area contributed by atoms with Crippen LogP contribution in [-0.4, -0.2) is 40.2 Å². The number of Topliss-reactive ketones (excluding diaryl/α,β-unsaturated/α-hetero) is 1. The minimum absolute atomic E-state index is 0.0212. The minimum Gasteiger partial charge on any atom is -0.345 e. The summed E-state index contributed by atoms with van der Waals surface area (Å²) in [6, 6.07) is 19.1. The van der Waals surface area contributed by atoms with Crippen molar-refractivity contribution in [3.8, 4) is 11.3 Å². The molecule has 156 valence electrons. The Morgan fingerprint density at radius 3 is 2.39 bits per heavy atom. The maximum atomic E-state index is 12.2. The molecule has 0 bridgehead atoms. The number of carbonyl (C=O) groups is 2. The van der Waals surface area contributed by atoms with Gasteiger partial charge in [0.2, 0.25) is 0 Å². The molecule has 0 atom stereocenters. The van der Waals surface area contributed by atoms with E-state index >= 15 is 0 Å². The molecule has 0 saturated heterocycles. The number of amides is 1. The van der Waals surface area contributed by atoms with E-state index in [0.717, 1.165) is 33.7 Å². The third-order valence-electron chi connectivity index (χ3n) is 5.34. The van der Waals surface area contributed by atoms with Gasteiger partial charge < -0.3 is 14.8 Å². The number of carbonyl (C=O) groups excluding carboxylic acids is 2. The van der Waals surface area contributed by atoms with Gasteiger partial charge in [0, 0.05) is 55.2 Å². The van der Waals surface area contributed by atoms with Gasteiger partial charge in [0.05, 0.1) is 5.52 Å². The Hall–Kier alpha value is -3.93. The molecule has 2 aromatic heterocycles. The molecular formula is C25H24N4O2. The summed E-state index contributed by atoms with van der Waals surface area (Å²) in [6.07, 6.45) is 1.77. The van der Waals surface area contributed by atoms with Crippen LogP contribution in [0.4, 0.5) is 11.5 Å². The van der Waals surface area contributed by atoms with Gasteiger partial charge in [0.25, 0.3) is 5.91 Å². The summed E-state index contributed by atoms with van der Waals surface area (Å²) >= 11 is 0. The number of aryl methyl sites for hydroxylation is 1. The van der Waals surface area contributed by atoms with Crippen molar-refractivity contribution in [2.24, 2.45) is 7.05 Å². The molecular weight excluding hydrogens is 388 g/mol. The number of nitrogens with zero attached hydrogens (tertiary/aromatic N) is 3. The van der Waals surface area contributed by atoms with Crippen LogP contribution >= 0.6 is 0 Å². The zero-order valence-corrected chi connectivity index (χ0v) is 18.0. The van der Waals surface area contributed by atoms with Crippen molar-refractivity contribution in [1.29, 1.82) is 0 Å². The molecule has 4 rings (SSSR count). The number of aromatic nitrogens is 2. The van der Waals surface area contributed by atoms with Crippen molar-refractivity contribution in [2.45, 2.75) is 6.92 Å². The topological polar surface area (TPSA) is 67.2 Å². The van der Waals surface area contributed by atoms with Crippen molar-refractivity contribution in [1.82, 2.24) is 14.5 Å². The lowest BCUT2D eigenvalue weighted by molar-refractivity contribution is 0.0827. The summed E-state index contributed by atoms with van der Waals surface area (Å²) in [5.41, 5.74) is 5.18. The molecule has 0 radical (unpaired) electrons. The second-order valence-corrected chi connectivity index (χ2v) is 7.72. The first-order valence-corrected chi connectivity index (χ1v) is 9.99. The highest BCUT2D eigenvalue weighted by molar-refractivity contribution is 5.98. The molecule has 2 heterocycles. The van der Waals surface area contributed by atoms with Crippen LogP contribution in [0.3, 0.4) is 0 Å². The van der Waals surface area contributed by atoms with Crippen LogP contribution in [0.15, 0.2) is 66.9 Å². The molecule has 1 N–H and O–H groups in total. The number of hydrogen-bond acceptors (Lipinski definition) is 4. The molecule has 0 unspecified atom stereocenters. The van der Waals surface area contributed by atoms with Crippen molar-refractivity contribution in [3.63, 3.8) is 0 Å². The Balaban J connectivity index is 1.72. The molecule has 6 heteroatoms. The molecule has 4 aromatic rings.